The van der Waals surface area contributed by atoms with E-state index in [1.807, 2.05) is 0 Å². The highest BCUT2D eigenvalue weighted by atomic mass is 16.6. The number of rotatable bonds is 2. The molecule has 1 N–H and O–H groups in total. The first-order valence-electron chi connectivity index (χ1n) is 11.0. The van der Waals surface area contributed by atoms with E-state index in [2.05, 4.69) is 0 Å². The van der Waals surface area contributed by atoms with Gasteiger partial charge in [-0.1, -0.05) is 48.5 Å². The average Bonchev–Trinajstić information content (AvgIpc) is 2.99. The van der Waals surface area contributed by atoms with Gasteiger partial charge >= 0.3 is 6.09 Å². The van der Waals surface area contributed by atoms with Crippen molar-refractivity contribution in [2.24, 2.45) is 0 Å². The molecule has 0 unspecified atom stereocenters. The molecule has 1 fully saturated rings. The molecule has 1 aliphatic heterocycles. The van der Waals surface area contributed by atoms with Gasteiger partial charge in [0, 0.05) is 11.3 Å². The molecule has 1 heterocycles. The maximum absolute atomic E-state index is 14.3. The zero-order valence-corrected chi connectivity index (χ0v) is 19.1. The molecule has 1 aliphatic carbocycles. The van der Waals surface area contributed by atoms with Crippen LogP contribution in [0.25, 0.3) is 0 Å². The molecule has 0 bridgehead atoms. The Bertz CT molecular complexity index is 1110. The Morgan fingerprint density at radius 2 is 1.76 bits per heavy atom. The van der Waals surface area contributed by atoms with Crippen molar-refractivity contribution < 1.29 is 24.4 Å². The number of hydrogen-bond acceptors (Lipinski definition) is 6. The molecule has 1 spiro atoms. The highest BCUT2D eigenvalue weighted by molar-refractivity contribution is 6.22. The standard InChI is InChI=1S/C25H28N2O6/c1-23(2,3)33-22(29)26-18-13-9-8-12-17(18)25(21(26)28)20(16-10-6-5-7-11-16)19(27(31)32)14-15-24(25,4)30/h5-13,19-20,30H,14-15H2,1-4H3/t19-,20+,24+,25-/m1/s1. The molecule has 174 valence electrons. The predicted molar refractivity (Wildman–Crippen MR) is 122 cm³/mol. The molecule has 8 nitrogen and oxygen atoms in total. The number of carbonyl (C=O) groups excluding carboxylic acids is 2. The van der Waals surface area contributed by atoms with Crippen molar-refractivity contribution in [3.05, 3.63) is 75.8 Å². The van der Waals surface area contributed by atoms with E-state index in [1.165, 1.54) is 6.92 Å². The number of aliphatic hydroxyl groups is 1. The van der Waals surface area contributed by atoms with E-state index in [9.17, 15) is 24.8 Å². The molecule has 2 amide bonds. The van der Waals surface area contributed by atoms with Gasteiger partial charge in [-0.2, -0.15) is 0 Å². The number of amides is 2. The summed E-state index contributed by atoms with van der Waals surface area (Å²) in [5.74, 6) is -1.69. The quantitative estimate of drug-likeness (QED) is 0.541. The van der Waals surface area contributed by atoms with Crippen LogP contribution >= 0.6 is 0 Å². The van der Waals surface area contributed by atoms with Gasteiger partial charge in [0.05, 0.1) is 17.2 Å². The fourth-order valence-corrected chi connectivity index (χ4v) is 5.49. The first-order valence-corrected chi connectivity index (χ1v) is 11.0. The molecule has 8 heteroatoms. The van der Waals surface area contributed by atoms with Crippen LogP contribution in [0.1, 0.15) is 57.6 Å². The number of nitro groups is 1. The number of hydrogen-bond donors (Lipinski definition) is 1. The van der Waals surface area contributed by atoms with Crippen molar-refractivity contribution in [2.75, 3.05) is 4.90 Å². The Balaban J connectivity index is 2.02. The van der Waals surface area contributed by atoms with Gasteiger partial charge in [-0.15, -0.1) is 0 Å². The smallest absolute Gasteiger partial charge is 0.421 e. The van der Waals surface area contributed by atoms with Gasteiger partial charge in [-0.3, -0.25) is 14.9 Å². The molecule has 2 aliphatic rings. The van der Waals surface area contributed by atoms with Crippen molar-refractivity contribution in [1.82, 2.24) is 0 Å². The van der Waals surface area contributed by atoms with Crippen LogP contribution in [0.2, 0.25) is 0 Å². The minimum absolute atomic E-state index is 0.0320. The van der Waals surface area contributed by atoms with E-state index in [4.69, 9.17) is 4.74 Å². The summed E-state index contributed by atoms with van der Waals surface area (Å²) in [7, 11) is 0. The normalized spacial score (nSPS) is 29.1. The molecule has 2 aromatic carbocycles. The lowest BCUT2D eigenvalue weighted by Gasteiger charge is -2.50. The summed E-state index contributed by atoms with van der Waals surface area (Å²) < 4.78 is 5.52. The summed E-state index contributed by atoms with van der Waals surface area (Å²) in [6, 6.07) is 14.3. The highest BCUT2D eigenvalue weighted by Crippen LogP contribution is 2.61. The van der Waals surface area contributed by atoms with E-state index in [0.717, 1.165) is 4.90 Å². The highest BCUT2D eigenvalue weighted by Gasteiger charge is 2.71. The summed E-state index contributed by atoms with van der Waals surface area (Å²) in [6.45, 7) is 6.62. The van der Waals surface area contributed by atoms with E-state index in [1.54, 1.807) is 75.4 Å². The van der Waals surface area contributed by atoms with Crippen LogP contribution in [0.15, 0.2) is 54.6 Å². The van der Waals surface area contributed by atoms with E-state index in [0.29, 0.717) is 11.1 Å². The number of imide groups is 1. The van der Waals surface area contributed by atoms with Crippen LogP contribution in [-0.4, -0.2) is 39.3 Å². The Morgan fingerprint density at radius 1 is 1.15 bits per heavy atom. The zero-order chi connectivity index (χ0) is 24.2. The van der Waals surface area contributed by atoms with Gasteiger partial charge in [-0.05, 0) is 51.3 Å². The van der Waals surface area contributed by atoms with Crippen LogP contribution in [0.5, 0.6) is 0 Å². The van der Waals surface area contributed by atoms with Crippen molar-refractivity contribution >= 4 is 17.7 Å². The van der Waals surface area contributed by atoms with Gasteiger partial charge in [0.2, 0.25) is 6.04 Å². The lowest BCUT2D eigenvalue weighted by Crippen LogP contribution is -2.65. The summed E-state index contributed by atoms with van der Waals surface area (Å²) >= 11 is 0. The van der Waals surface area contributed by atoms with Gasteiger partial charge in [0.25, 0.3) is 5.91 Å². The molecule has 0 aromatic heterocycles. The predicted octanol–water partition coefficient (Wildman–Crippen LogP) is 4.18. The van der Waals surface area contributed by atoms with E-state index >= 15 is 0 Å². The van der Waals surface area contributed by atoms with Crippen LogP contribution in [-0.2, 0) is 14.9 Å². The molecule has 2 aromatic rings. The molecule has 33 heavy (non-hydrogen) atoms. The fraction of sp³-hybridized carbons (Fsp3) is 0.440. The van der Waals surface area contributed by atoms with Gasteiger partial charge in [0.15, 0.2) is 0 Å². The van der Waals surface area contributed by atoms with Crippen LogP contribution in [0.4, 0.5) is 10.5 Å². The molecule has 1 saturated carbocycles. The SMILES string of the molecule is CC(C)(C)OC(=O)N1C(=O)[C@@]2(c3ccccc31)[C@@H](c1ccccc1)[C@H]([N+](=O)[O-])CC[C@]2(C)O. The minimum Gasteiger partial charge on any atom is -0.443 e. The molecule has 0 saturated heterocycles. The Kier molecular flexibility index (Phi) is 5.32. The number of para-hydroxylation sites is 1. The van der Waals surface area contributed by atoms with Crippen LogP contribution in [0.3, 0.4) is 0 Å². The molecule has 4 rings (SSSR count). The Hall–Kier alpha value is -3.26. The van der Waals surface area contributed by atoms with Gasteiger partial charge < -0.3 is 9.84 Å². The second kappa shape index (κ2) is 7.66. The lowest BCUT2D eigenvalue weighted by atomic mass is 9.52. The number of anilines is 1. The van der Waals surface area contributed by atoms with E-state index in [-0.39, 0.29) is 23.5 Å². The molecule has 4 atom stereocenters. The van der Waals surface area contributed by atoms with Gasteiger partial charge in [-0.25, -0.2) is 9.69 Å². The third-order valence-electron chi connectivity index (χ3n) is 6.74. The second-order valence-electron chi connectivity index (χ2n) is 10.00. The minimum atomic E-state index is -1.74. The fourth-order valence-electron chi connectivity index (χ4n) is 5.49. The lowest BCUT2D eigenvalue weighted by molar-refractivity contribution is -0.534. The first kappa shape index (κ1) is 22.9. The summed E-state index contributed by atoms with van der Waals surface area (Å²) in [4.78, 5) is 40.3. The number of carbonyl (C=O) groups is 2. The van der Waals surface area contributed by atoms with Crippen molar-refractivity contribution in [3.8, 4) is 0 Å². The maximum atomic E-state index is 14.3. The third-order valence-corrected chi connectivity index (χ3v) is 6.74. The Morgan fingerprint density at radius 3 is 2.36 bits per heavy atom. The van der Waals surface area contributed by atoms with Crippen molar-refractivity contribution in [1.29, 1.82) is 0 Å². The number of fused-ring (bicyclic) bond motifs is 2. The summed E-state index contributed by atoms with van der Waals surface area (Å²) in [5.41, 5.74) is -3.01. The summed E-state index contributed by atoms with van der Waals surface area (Å²) in [6.07, 6.45) is -0.740. The second-order valence-corrected chi connectivity index (χ2v) is 10.00. The average molecular weight is 453 g/mol. The topological polar surface area (TPSA) is 110 Å². The van der Waals surface area contributed by atoms with Crippen LogP contribution in [0, 0.1) is 10.1 Å². The monoisotopic (exact) mass is 452 g/mol. The van der Waals surface area contributed by atoms with E-state index < -0.39 is 40.6 Å². The van der Waals surface area contributed by atoms with Gasteiger partial charge in [0.1, 0.15) is 11.0 Å². The van der Waals surface area contributed by atoms with Crippen molar-refractivity contribution in [2.45, 2.75) is 69.1 Å². The summed E-state index contributed by atoms with van der Waals surface area (Å²) in [5, 5.41) is 24.0. The molecule has 0 radical (unpaired) electrons. The molecular formula is C25H28N2O6. The maximum Gasteiger partial charge on any atom is 0.421 e. The third kappa shape index (κ3) is 3.40. The Labute approximate surface area is 192 Å². The number of ether oxygens (including phenoxy) is 1. The number of benzene rings is 2. The largest absolute Gasteiger partial charge is 0.443 e. The first-order chi connectivity index (χ1) is 15.4. The number of nitrogens with zero attached hydrogens (tertiary/aromatic N) is 2. The molecular weight excluding hydrogens is 424 g/mol. The van der Waals surface area contributed by atoms with Crippen LogP contribution < -0.4 is 4.90 Å². The van der Waals surface area contributed by atoms with Crippen molar-refractivity contribution in [3.63, 3.8) is 0 Å². The zero-order valence-electron chi connectivity index (χ0n) is 19.1.